The summed E-state index contributed by atoms with van der Waals surface area (Å²) in [5.74, 6) is 0.775. The second-order valence-electron chi connectivity index (χ2n) is 7.79. The van der Waals surface area contributed by atoms with Crippen LogP contribution in [0.5, 0.6) is 5.75 Å². The topological polar surface area (TPSA) is 107 Å². The van der Waals surface area contributed by atoms with Crippen molar-refractivity contribution in [3.63, 3.8) is 0 Å². The number of halogens is 1. The highest BCUT2D eigenvalue weighted by Gasteiger charge is 2.27. The van der Waals surface area contributed by atoms with Crippen LogP contribution in [-0.4, -0.2) is 45.9 Å². The number of hydrogen-bond donors (Lipinski definition) is 3. The van der Waals surface area contributed by atoms with Gasteiger partial charge in [-0.1, -0.05) is 11.6 Å². The lowest BCUT2D eigenvalue weighted by molar-refractivity contribution is 0.0940. The van der Waals surface area contributed by atoms with Gasteiger partial charge in [-0.05, 0) is 43.2 Å². The summed E-state index contributed by atoms with van der Waals surface area (Å²) in [4.78, 5) is 17.0. The largest absolute Gasteiger partial charge is 0.492 e. The van der Waals surface area contributed by atoms with Crippen LogP contribution in [0.3, 0.4) is 0 Å². The summed E-state index contributed by atoms with van der Waals surface area (Å²) in [6, 6.07) is 7.43. The Morgan fingerprint density at radius 1 is 1.35 bits per heavy atom. The molecule has 0 radical (unpaired) electrons. The van der Waals surface area contributed by atoms with Crippen LogP contribution in [0.4, 0.5) is 5.82 Å². The summed E-state index contributed by atoms with van der Waals surface area (Å²) in [6.45, 7) is 3.13. The maximum Gasteiger partial charge on any atom is 0.255 e. The highest BCUT2D eigenvalue weighted by atomic mass is 35.5. The van der Waals surface area contributed by atoms with E-state index >= 15 is 0 Å². The number of hydrogen-bond acceptors (Lipinski definition) is 6. The fourth-order valence-corrected chi connectivity index (χ4v) is 3.90. The molecule has 0 spiro atoms. The molecule has 3 heterocycles. The van der Waals surface area contributed by atoms with E-state index in [1.807, 2.05) is 38.4 Å². The zero-order valence-corrected chi connectivity index (χ0v) is 18.2. The van der Waals surface area contributed by atoms with Crippen LogP contribution in [0.1, 0.15) is 22.3 Å². The fraction of sp³-hybridized carbons (Fsp3) is 0.318. The molecule has 4 N–H and O–H groups in total. The highest BCUT2D eigenvalue weighted by Crippen LogP contribution is 2.23. The van der Waals surface area contributed by atoms with Crippen molar-refractivity contribution in [2.45, 2.75) is 25.4 Å². The van der Waals surface area contributed by atoms with E-state index in [0.29, 0.717) is 23.7 Å². The van der Waals surface area contributed by atoms with E-state index in [0.717, 1.165) is 28.9 Å². The average Bonchev–Trinajstić information content (AvgIpc) is 3.36. The molecule has 31 heavy (non-hydrogen) atoms. The maximum atomic E-state index is 12.8. The minimum atomic E-state index is -0.238. The Balaban J connectivity index is 1.35. The van der Waals surface area contributed by atoms with Gasteiger partial charge >= 0.3 is 0 Å². The monoisotopic (exact) mass is 440 g/mol. The van der Waals surface area contributed by atoms with Crippen LogP contribution in [0.15, 0.2) is 42.9 Å². The van der Waals surface area contributed by atoms with Crippen LogP contribution in [0.2, 0.25) is 5.02 Å². The molecule has 4 rings (SSSR count). The van der Waals surface area contributed by atoms with E-state index < -0.39 is 0 Å². The Bertz CT molecular complexity index is 1100. The lowest BCUT2D eigenvalue weighted by Crippen LogP contribution is -2.36. The standard InChI is InChI=1S/C22H25ClN6O2/c1-13-5-16(23)3-4-20(13)31-12-18-7-17(10-25-18)28-22(30)19-6-14(8-26-21(19)24)15-9-27-29(2)11-15/h3-6,8-9,11,17-18,25H,7,10,12H2,1-2H3,(H2,24,26)(H,28,30)/t17-,18-/m0/s1. The van der Waals surface area contributed by atoms with Crippen molar-refractivity contribution in [1.29, 1.82) is 0 Å². The minimum absolute atomic E-state index is 0.0196. The van der Waals surface area contributed by atoms with Gasteiger partial charge in [-0.2, -0.15) is 5.10 Å². The molecule has 1 amide bonds. The second kappa shape index (κ2) is 8.95. The van der Waals surface area contributed by atoms with E-state index in [1.54, 1.807) is 23.1 Å². The number of nitrogens with two attached hydrogens (primary N) is 1. The third-order valence-corrected chi connectivity index (χ3v) is 5.57. The number of ether oxygens (including phenoxy) is 1. The van der Waals surface area contributed by atoms with E-state index in [1.165, 1.54) is 0 Å². The number of nitrogens with zero attached hydrogens (tertiary/aromatic N) is 3. The highest BCUT2D eigenvalue weighted by molar-refractivity contribution is 6.30. The first-order valence-corrected chi connectivity index (χ1v) is 10.4. The Morgan fingerprint density at radius 2 is 2.19 bits per heavy atom. The Morgan fingerprint density at radius 3 is 2.94 bits per heavy atom. The zero-order valence-electron chi connectivity index (χ0n) is 17.4. The van der Waals surface area contributed by atoms with Crippen molar-refractivity contribution in [2.24, 2.45) is 7.05 Å². The molecule has 1 fully saturated rings. The maximum absolute atomic E-state index is 12.8. The van der Waals surface area contributed by atoms with Gasteiger partial charge in [0.15, 0.2) is 0 Å². The average molecular weight is 441 g/mol. The van der Waals surface area contributed by atoms with Gasteiger partial charge < -0.3 is 21.1 Å². The van der Waals surface area contributed by atoms with Crippen LogP contribution in [0, 0.1) is 6.92 Å². The van der Waals surface area contributed by atoms with Crippen molar-refractivity contribution in [1.82, 2.24) is 25.4 Å². The van der Waals surface area contributed by atoms with Crippen molar-refractivity contribution < 1.29 is 9.53 Å². The van der Waals surface area contributed by atoms with Gasteiger partial charge in [-0.3, -0.25) is 9.48 Å². The predicted octanol–water partition coefficient (Wildman–Crippen LogP) is 2.57. The number of benzene rings is 1. The van der Waals surface area contributed by atoms with Crippen molar-refractivity contribution in [2.75, 3.05) is 18.9 Å². The van der Waals surface area contributed by atoms with E-state index in [9.17, 15) is 4.79 Å². The molecule has 8 nitrogen and oxygen atoms in total. The molecular formula is C22H25ClN6O2. The fourth-order valence-electron chi connectivity index (χ4n) is 3.67. The molecule has 1 aliphatic rings. The Hall–Kier alpha value is -3.10. The molecule has 0 bridgehead atoms. The van der Waals surface area contributed by atoms with Crippen LogP contribution in [0.25, 0.3) is 11.1 Å². The zero-order chi connectivity index (χ0) is 22.0. The molecule has 2 aromatic heterocycles. The van der Waals surface area contributed by atoms with Gasteiger partial charge in [0.1, 0.15) is 18.2 Å². The van der Waals surface area contributed by atoms with E-state index in [-0.39, 0.29) is 23.8 Å². The summed E-state index contributed by atoms with van der Waals surface area (Å²) in [6.07, 6.45) is 5.99. The number of anilines is 1. The number of carbonyl (C=O) groups excluding carboxylic acids is 1. The Kier molecular flexibility index (Phi) is 6.11. The quantitative estimate of drug-likeness (QED) is 0.543. The molecule has 162 valence electrons. The Labute approximate surface area is 185 Å². The number of nitrogen functional groups attached to an aromatic ring is 1. The van der Waals surface area contributed by atoms with E-state index in [2.05, 4.69) is 20.7 Å². The first kappa shape index (κ1) is 21.1. The SMILES string of the molecule is Cc1cc(Cl)ccc1OC[C@@H]1C[C@H](NC(=O)c2cc(-c3cnn(C)c3)cnc2N)CN1. The molecule has 0 saturated carbocycles. The first-order valence-electron chi connectivity index (χ1n) is 10.1. The molecule has 1 saturated heterocycles. The normalized spacial score (nSPS) is 18.2. The molecular weight excluding hydrogens is 416 g/mol. The minimum Gasteiger partial charge on any atom is -0.492 e. The van der Waals surface area contributed by atoms with E-state index in [4.69, 9.17) is 22.1 Å². The molecule has 3 aromatic rings. The molecule has 0 aliphatic carbocycles. The third-order valence-electron chi connectivity index (χ3n) is 5.34. The van der Waals surface area contributed by atoms with Gasteiger partial charge in [0, 0.05) is 54.2 Å². The predicted molar refractivity (Wildman–Crippen MR) is 120 cm³/mol. The van der Waals surface area contributed by atoms with Crippen molar-refractivity contribution in [3.05, 3.63) is 59.0 Å². The molecule has 9 heteroatoms. The molecule has 1 aromatic carbocycles. The lowest BCUT2D eigenvalue weighted by atomic mass is 10.1. The summed E-state index contributed by atoms with van der Waals surface area (Å²) < 4.78 is 7.63. The van der Waals surface area contributed by atoms with Gasteiger partial charge in [0.2, 0.25) is 0 Å². The van der Waals surface area contributed by atoms with Crippen molar-refractivity contribution >= 4 is 23.3 Å². The second-order valence-corrected chi connectivity index (χ2v) is 8.23. The number of pyridine rings is 1. The van der Waals surface area contributed by atoms with Crippen LogP contribution >= 0.6 is 11.6 Å². The third kappa shape index (κ3) is 4.98. The van der Waals surface area contributed by atoms with Crippen molar-refractivity contribution in [3.8, 4) is 16.9 Å². The number of nitrogens with one attached hydrogen (secondary N) is 2. The summed E-state index contributed by atoms with van der Waals surface area (Å²) in [5.41, 5.74) is 9.00. The van der Waals surface area contributed by atoms with Crippen LogP contribution in [-0.2, 0) is 7.05 Å². The smallest absolute Gasteiger partial charge is 0.255 e. The number of aromatic nitrogens is 3. The number of aryl methyl sites for hydroxylation is 2. The number of rotatable bonds is 6. The summed E-state index contributed by atoms with van der Waals surface area (Å²) in [5, 5.41) is 11.3. The number of amides is 1. The van der Waals surface area contributed by atoms with Gasteiger partial charge in [0.25, 0.3) is 5.91 Å². The molecule has 0 unspecified atom stereocenters. The number of carbonyl (C=O) groups is 1. The summed E-state index contributed by atoms with van der Waals surface area (Å²) >= 11 is 5.99. The first-order chi connectivity index (χ1) is 14.9. The lowest BCUT2D eigenvalue weighted by Gasteiger charge is -2.15. The van der Waals surface area contributed by atoms with Gasteiger partial charge in [-0.15, -0.1) is 0 Å². The molecule has 1 aliphatic heterocycles. The van der Waals surface area contributed by atoms with Gasteiger partial charge in [0.05, 0.1) is 11.8 Å². The van der Waals surface area contributed by atoms with Gasteiger partial charge in [-0.25, -0.2) is 4.98 Å². The summed E-state index contributed by atoms with van der Waals surface area (Å²) in [7, 11) is 1.84. The molecule has 2 atom stereocenters. The van der Waals surface area contributed by atoms with Crippen LogP contribution < -0.4 is 21.1 Å².